The van der Waals surface area contributed by atoms with Crippen molar-refractivity contribution in [3.8, 4) is 0 Å². The highest BCUT2D eigenvalue weighted by molar-refractivity contribution is 6.31. The number of hydrogen-bond acceptors (Lipinski definition) is 4. The van der Waals surface area contributed by atoms with Gasteiger partial charge in [0.25, 0.3) is 5.91 Å². The van der Waals surface area contributed by atoms with Crippen molar-refractivity contribution in [3.05, 3.63) is 52.8 Å². The summed E-state index contributed by atoms with van der Waals surface area (Å²) in [6.45, 7) is 3.31. The fourth-order valence-electron chi connectivity index (χ4n) is 2.01. The minimum absolute atomic E-state index is 0.182. The van der Waals surface area contributed by atoms with Crippen molar-refractivity contribution in [3.63, 3.8) is 0 Å². The molecule has 0 fully saturated rings. The van der Waals surface area contributed by atoms with Gasteiger partial charge in [0, 0.05) is 35.7 Å². The average molecular weight is 333 g/mol. The maximum atomic E-state index is 12.1. The molecule has 122 valence electrons. The van der Waals surface area contributed by atoms with E-state index >= 15 is 0 Å². The lowest BCUT2D eigenvalue weighted by Gasteiger charge is -2.12. The highest BCUT2D eigenvalue weighted by atomic mass is 35.5. The van der Waals surface area contributed by atoms with Crippen LogP contribution in [0.1, 0.15) is 16.1 Å². The molecule has 1 aromatic carbocycles. The van der Waals surface area contributed by atoms with Crippen LogP contribution in [0.3, 0.4) is 0 Å². The van der Waals surface area contributed by atoms with Crippen molar-refractivity contribution in [1.82, 2.24) is 15.2 Å². The van der Waals surface area contributed by atoms with Crippen molar-refractivity contribution >= 4 is 28.9 Å². The maximum absolute atomic E-state index is 12.1. The molecule has 0 bridgehead atoms. The van der Waals surface area contributed by atoms with E-state index < -0.39 is 0 Å². The molecule has 1 heterocycles. The molecule has 0 aliphatic heterocycles. The molecule has 0 saturated carbocycles. The summed E-state index contributed by atoms with van der Waals surface area (Å²) in [5, 5.41) is 6.82. The third-order valence-corrected chi connectivity index (χ3v) is 3.79. The number of benzene rings is 1. The zero-order chi connectivity index (χ0) is 16.8. The average Bonchev–Trinajstić information content (AvgIpc) is 2.52. The molecule has 0 radical (unpaired) electrons. The number of amides is 1. The molecule has 0 unspecified atom stereocenters. The first-order valence-electron chi connectivity index (χ1n) is 7.38. The van der Waals surface area contributed by atoms with Crippen LogP contribution in [0.25, 0.3) is 0 Å². The van der Waals surface area contributed by atoms with E-state index in [1.54, 1.807) is 12.3 Å². The van der Waals surface area contributed by atoms with Crippen LogP contribution in [0.5, 0.6) is 0 Å². The van der Waals surface area contributed by atoms with Gasteiger partial charge < -0.3 is 15.5 Å². The lowest BCUT2D eigenvalue weighted by Crippen LogP contribution is -2.31. The number of pyridine rings is 1. The SMILES string of the molecule is Cc1c(Cl)cccc1Nc1ccnc(C(=O)NCCN(C)C)c1. The van der Waals surface area contributed by atoms with Crippen LogP contribution in [-0.2, 0) is 0 Å². The Kier molecular flexibility index (Phi) is 5.96. The van der Waals surface area contributed by atoms with Gasteiger partial charge in [-0.1, -0.05) is 17.7 Å². The van der Waals surface area contributed by atoms with Crippen molar-refractivity contribution in [2.75, 3.05) is 32.5 Å². The lowest BCUT2D eigenvalue weighted by atomic mass is 10.2. The normalized spacial score (nSPS) is 10.7. The second-order valence-corrected chi connectivity index (χ2v) is 5.93. The first-order valence-corrected chi connectivity index (χ1v) is 7.76. The molecule has 23 heavy (non-hydrogen) atoms. The number of likely N-dealkylation sites (N-methyl/N-ethyl adjacent to an activating group) is 1. The Labute approximate surface area is 141 Å². The Hall–Kier alpha value is -2.11. The quantitative estimate of drug-likeness (QED) is 0.853. The summed E-state index contributed by atoms with van der Waals surface area (Å²) >= 11 is 6.12. The number of carbonyl (C=O) groups is 1. The van der Waals surface area contributed by atoms with Crippen molar-refractivity contribution in [1.29, 1.82) is 0 Å². The van der Waals surface area contributed by atoms with Crippen LogP contribution in [0, 0.1) is 6.92 Å². The van der Waals surface area contributed by atoms with Crippen molar-refractivity contribution < 1.29 is 4.79 Å². The summed E-state index contributed by atoms with van der Waals surface area (Å²) < 4.78 is 0. The van der Waals surface area contributed by atoms with Gasteiger partial charge in [0.05, 0.1) is 0 Å². The summed E-state index contributed by atoms with van der Waals surface area (Å²) in [7, 11) is 3.92. The summed E-state index contributed by atoms with van der Waals surface area (Å²) in [5.74, 6) is -0.182. The molecule has 0 atom stereocenters. The summed E-state index contributed by atoms with van der Waals surface area (Å²) in [4.78, 5) is 18.2. The van der Waals surface area contributed by atoms with E-state index in [9.17, 15) is 4.79 Å². The summed E-state index contributed by atoms with van der Waals surface area (Å²) in [6, 6.07) is 9.21. The van der Waals surface area contributed by atoms with Crippen LogP contribution in [0.2, 0.25) is 5.02 Å². The second kappa shape index (κ2) is 7.94. The molecular formula is C17H21ClN4O. The minimum atomic E-state index is -0.182. The van der Waals surface area contributed by atoms with Gasteiger partial charge in [0.1, 0.15) is 5.69 Å². The molecule has 2 N–H and O–H groups in total. The molecule has 1 amide bonds. The summed E-state index contributed by atoms with van der Waals surface area (Å²) in [5.41, 5.74) is 3.04. The monoisotopic (exact) mass is 332 g/mol. The van der Waals surface area contributed by atoms with Gasteiger partial charge in [-0.15, -0.1) is 0 Å². The molecule has 5 nitrogen and oxygen atoms in total. The Morgan fingerprint density at radius 1 is 1.30 bits per heavy atom. The molecule has 0 aliphatic carbocycles. The highest BCUT2D eigenvalue weighted by Gasteiger charge is 2.09. The molecule has 2 rings (SSSR count). The second-order valence-electron chi connectivity index (χ2n) is 5.53. The van der Waals surface area contributed by atoms with E-state index in [2.05, 4.69) is 15.6 Å². The topological polar surface area (TPSA) is 57.3 Å². The molecule has 0 saturated heterocycles. The largest absolute Gasteiger partial charge is 0.355 e. The van der Waals surface area contributed by atoms with Crippen LogP contribution >= 0.6 is 11.6 Å². The van der Waals surface area contributed by atoms with E-state index in [-0.39, 0.29) is 5.91 Å². The maximum Gasteiger partial charge on any atom is 0.269 e. The third-order valence-electron chi connectivity index (χ3n) is 3.38. The van der Waals surface area contributed by atoms with E-state index in [4.69, 9.17) is 11.6 Å². The van der Waals surface area contributed by atoms with Gasteiger partial charge in [-0.2, -0.15) is 0 Å². The van der Waals surface area contributed by atoms with Crippen LogP contribution in [-0.4, -0.2) is 43.0 Å². The van der Waals surface area contributed by atoms with Crippen molar-refractivity contribution in [2.24, 2.45) is 0 Å². The Bertz CT molecular complexity index is 688. The van der Waals surface area contributed by atoms with E-state index in [1.807, 2.05) is 50.2 Å². The Balaban J connectivity index is 2.07. The number of carbonyl (C=O) groups excluding carboxylic acids is 1. The van der Waals surface area contributed by atoms with Crippen LogP contribution in [0.15, 0.2) is 36.5 Å². The zero-order valence-corrected chi connectivity index (χ0v) is 14.3. The van der Waals surface area contributed by atoms with Gasteiger partial charge in [-0.3, -0.25) is 9.78 Å². The number of nitrogens with zero attached hydrogens (tertiary/aromatic N) is 2. The predicted octanol–water partition coefficient (Wildman–Crippen LogP) is 3.08. The van der Waals surface area contributed by atoms with Gasteiger partial charge in [0.2, 0.25) is 0 Å². The number of halogens is 1. The Morgan fingerprint density at radius 2 is 2.09 bits per heavy atom. The van der Waals surface area contributed by atoms with Gasteiger partial charge >= 0.3 is 0 Å². The zero-order valence-electron chi connectivity index (χ0n) is 13.6. The van der Waals surface area contributed by atoms with Crippen LogP contribution in [0.4, 0.5) is 11.4 Å². The van der Waals surface area contributed by atoms with E-state index in [0.717, 1.165) is 23.5 Å². The molecular weight excluding hydrogens is 312 g/mol. The highest BCUT2D eigenvalue weighted by Crippen LogP contribution is 2.26. The third kappa shape index (κ3) is 4.94. The standard InChI is InChI=1S/C17H21ClN4O/c1-12-14(18)5-4-6-15(12)21-13-7-8-19-16(11-13)17(23)20-9-10-22(2)3/h4-8,11H,9-10H2,1-3H3,(H,19,21)(H,20,23). The number of hydrogen-bond donors (Lipinski definition) is 2. The smallest absolute Gasteiger partial charge is 0.269 e. The summed E-state index contributed by atoms with van der Waals surface area (Å²) in [6.07, 6.45) is 1.61. The number of nitrogens with one attached hydrogen (secondary N) is 2. The van der Waals surface area contributed by atoms with Crippen molar-refractivity contribution in [2.45, 2.75) is 6.92 Å². The molecule has 1 aromatic heterocycles. The molecule has 0 spiro atoms. The van der Waals surface area contributed by atoms with E-state index in [1.165, 1.54) is 0 Å². The minimum Gasteiger partial charge on any atom is -0.355 e. The fourth-order valence-corrected chi connectivity index (χ4v) is 2.19. The Morgan fingerprint density at radius 3 is 2.83 bits per heavy atom. The predicted molar refractivity (Wildman–Crippen MR) is 94.6 cm³/mol. The van der Waals surface area contributed by atoms with Crippen LogP contribution < -0.4 is 10.6 Å². The van der Waals surface area contributed by atoms with Gasteiger partial charge in [-0.25, -0.2) is 0 Å². The molecule has 2 aromatic rings. The lowest BCUT2D eigenvalue weighted by molar-refractivity contribution is 0.0946. The van der Waals surface area contributed by atoms with E-state index in [0.29, 0.717) is 17.3 Å². The first-order chi connectivity index (χ1) is 11.0. The number of rotatable bonds is 6. The molecule has 0 aliphatic rings. The first kappa shape index (κ1) is 17.2. The van der Waals surface area contributed by atoms with Gasteiger partial charge in [0.15, 0.2) is 0 Å². The van der Waals surface area contributed by atoms with Gasteiger partial charge in [-0.05, 0) is 50.8 Å². The number of aromatic nitrogens is 1. The fraction of sp³-hybridized carbons (Fsp3) is 0.294. The molecule has 6 heteroatoms. The number of anilines is 2.